The van der Waals surface area contributed by atoms with Gasteiger partial charge in [0.1, 0.15) is 6.61 Å². The maximum absolute atomic E-state index is 11.9. The van der Waals surface area contributed by atoms with Gasteiger partial charge in [-0.3, -0.25) is 18.6 Å². The monoisotopic (exact) mass is 565 g/mol. The zero-order valence-corrected chi connectivity index (χ0v) is 25.5. The van der Waals surface area contributed by atoms with E-state index in [4.69, 9.17) is 13.8 Å². The van der Waals surface area contributed by atoms with Crippen LogP contribution in [0.25, 0.3) is 0 Å². The van der Waals surface area contributed by atoms with E-state index in [2.05, 4.69) is 51.2 Å². The molecular weight excluding hydrogens is 517 g/mol. The number of amides is 1. The quantitative estimate of drug-likeness (QED) is 0.0855. The molecule has 1 atom stereocenters. The van der Waals surface area contributed by atoms with Crippen LogP contribution in [0.5, 0.6) is 0 Å². The standard InChI is InChI=1S/C30H48NO7P/c1-7-21-37-39(34,35)38-23-20-31-28(32)14-9-15-29(33)36-22-18-25(3)12-8-11-24(2)16-17-27-26(4)13-10-19-30(27,5)6/h8,11-12,16-18H,7,9-10,13-15,19-23H2,1-6H3,(H,31,32)(H,34,35)/b12-8+,17-16+,24-11+,25-18+. The number of allylic oxidation sites excluding steroid dienone is 9. The second-order valence-corrected chi connectivity index (χ2v) is 12.0. The predicted molar refractivity (Wildman–Crippen MR) is 156 cm³/mol. The van der Waals surface area contributed by atoms with E-state index < -0.39 is 7.82 Å². The van der Waals surface area contributed by atoms with Crippen molar-refractivity contribution >= 4 is 19.7 Å². The number of carbonyl (C=O) groups is 2. The third kappa shape index (κ3) is 15.8. The van der Waals surface area contributed by atoms with Crippen LogP contribution in [-0.4, -0.2) is 43.1 Å². The summed E-state index contributed by atoms with van der Waals surface area (Å²) in [5.41, 5.74) is 5.31. The Kier molecular flexibility index (Phi) is 16.2. The molecule has 0 heterocycles. The molecule has 0 fully saturated rings. The fourth-order valence-electron chi connectivity index (χ4n) is 4.12. The van der Waals surface area contributed by atoms with Crippen molar-refractivity contribution in [1.82, 2.24) is 5.32 Å². The summed E-state index contributed by atoms with van der Waals surface area (Å²) in [4.78, 5) is 33.1. The number of esters is 1. The van der Waals surface area contributed by atoms with Gasteiger partial charge in [0.2, 0.25) is 5.91 Å². The van der Waals surface area contributed by atoms with E-state index in [0.29, 0.717) is 12.8 Å². The molecule has 39 heavy (non-hydrogen) atoms. The maximum atomic E-state index is 11.9. The van der Waals surface area contributed by atoms with E-state index in [9.17, 15) is 19.0 Å². The molecule has 0 aromatic heterocycles. The van der Waals surface area contributed by atoms with Gasteiger partial charge in [-0.15, -0.1) is 0 Å². The third-order valence-corrected chi connectivity index (χ3v) is 7.36. The van der Waals surface area contributed by atoms with E-state index in [0.717, 1.165) is 11.1 Å². The van der Waals surface area contributed by atoms with Crippen molar-refractivity contribution in [2.24, 2.45) is 5.41 Å². The minimum Gasteiger partial charge on any atom is -0.461 e. The molecule has 0 aromatic rings. The lowest BCUT2D eigenvalue weighted by Crippen LogP contribution is -2.27. The first-order chi connectivity index (χ1) is 18.4. The molecule has 0 radical (unpaired) electrons. The van der Waals surface area contributed by atoms with E-state index in [-0.39, 0.29) is 56.5 Å². The molecular formula is C30H48NO7P. The topological polar surface area (TPSA) is 111 Å². The van der Waals surface area contributed by atoms with E-state index in [1.165, 1.54) is 30.4 Å². The summed E-state index contributed by atoms with van der Waals surface area (Å²) in [6.45, 7) is 12.9. The van der Waals surface area contributed by atoms with Crippen LogP contribution in [0.15, 0.2) is 58.7 Å². The second kappa shape index (κ2) is 18.2. The molecule has 220 valence electrons. The van der Waals surface area contributed by atoms with Crippen LogP contribution in [-0.2, 0) is 27.9 Å². The van der Waals surface area contributed by atoms with Crippen LogP contribution >= 0.6 is 7.82 Å². The van der Waals surface area contributed by atoms with Gasteiger partial charge in [0.05, 0.1) is 13.2 Å². The molecule has 1 aliphatic carbocycles. The van der Waals surface area contributed by atoms with Crippen molar-refractivity contribution in [3.63, 3.8) is 0 Å². The highest BCUT2D eigenvalue weighted by Crippen LogP contribution is 2.43. The summed E-state index contributed by atoms with van der Waals surface area (Å²) in [7, 11) is -4.07. The van der Waals surface area contributed by atoms with E-state index in [1.54, 1.807) is 0 Å². The lowest BCUT2D eigenvalue weighted by Gasteiger charge is -2.32. The van der Waals surface area contributed by atoms with E-state index in [1.807, 2.05) is 32.1 Å². The van der Waals surface area contributed by atoms with Gasteiger partial charge in [0.25, 0.3) is 0 Å². The van der Waals surface area contributed by atoms with Crippen LogP contribution < -0.4 is 5.32 Å². The zero-order chi connectivity index (χ0) is 29.3. The highest BCUT2D eigenvalue weighted by atomic mass is 31.2. The number of phosphoric acid groups is 1. The van der Waals surface area contributed by atoms with Crippen LogP contribution in [0, 0.1) is 5.41 Å². The molecule has 1 unspecified atom stereocenters. The zero-order valence-electron chi connectivity index (χ0n) is 24.6. The molecule has 0 aliphatic heterocycles. The summed E-state index contributed by atoms with van der Waals surface area (Å²) in [5.74, 6) is -0.647. The molecule has 0 saturated carbocycles. The van der Waals surface area contributed by atoms with Crippen molar-refractivity contribution in [3.05, 3.63) is 58.7 Å². The normalized spacial score (nSPS) is 18.0. The highest BCUT2D eigenvalue weighted by Gasteiger charge is 2.26. The number of nitrogens with one attached hydrogen (secondary N) is 1. The van der Waals surface area contributed by atoms with Crippen LogP contribution in [0.2, 0.25) is 0 Å². The van der Waals surface area contributed by atoms with Gasteiger partial charge in [-0.1, -0.05) is 67.9 Å². The van der Waals surface area contributed by atoms with Gasteiger partial charge < -0.3 is 14.9 Å². The fraction of sp³-hybridized carbons (Fsp3) is 0.600. The first-order valence-electron chi connectivity index (χ1n) is 13.8. The Labute approximate surface area is 234 Å². The van der Waals surface area contributed by atoms with Gasteiger partial charge in [-0.05, 0) is 69.9 Å². The van der Waals surface area contributed by atoms with Crippen LogP contribution in [0.1, 0.15) is 86.5 Å². The van der Waals surface area contributed by atoms with Crippen molar-refractivity contribution < 1.29 is 32.8 Å². The summed E-state index contributed by atoms with van der Waals surface area (Å²) in [6.07, 6.45) is 17.2. The van der Waals surface area contributed by atoms with Crippen molar-refractivity contribution in [1.29, 1.82) is 0 Å². The number of rotatable bonds is 17. The number of phosphoric ester groups is 1. The van der Waals surface area contributed by atoms with Gasteiger partial charge in [-0.25, -0.2) is 4.57 Å². The highest BCUT2D eigenvalue weighted by molar-refractivity contribution is 7.47. The average Bonchev–Trinajstić information content (AvgIpc) is 2.85. The Morgan fingerprint density at radius 1 is 1.10 bits per heavy atom. The largest absolute Gasteiger partial charge is 0.472 e. The Balaban J connectivity index is 2.28. The second-order valence-electron chi connectivity index (χ2n) is 10.5. The number of carbonyl (C=O) groups excluding carboxylic acids is 2. The number of ether oxygens (including phenoxy) is 1. The molecule has 1 aliphatic rings. The molecule has 9 heteroatoms. The Morgan fingerprint density at radius 3 is 2.51 bits per heavy atom. The van der Waals surface area contributed by atoms with Crippen molar-refractivity contribution in [2.45, 2.75) is 86.5 Å². The summed E-state index contributed by atoms with van der Waals surface area (Å²) in [6, 6.07) is 0. The van der Waals surface area contributed by atoms with Crippen LogP contribution in [0.3, 0.4) is 0 Å². The van der Waals surface area contributed by atoms with Gasteiger partial charge in [0, 0.05) is 19.4 Å². The number of hydrogen-bond acceptors (Lipinski definition) is 6. The summed E-state index contributed by atoms with van der Waals surface area (Å²) >= 11 is 0. The molecule has 0 bridgehead atoms. The summed E-state index contributed by atoms with van der Waals surface area (Å²) in [5, 5.41) is 2.57. The smallest absolute Gasteiger partial charge is 0.461 e. The van der Waals surface area contributed by atoms with Gasteiger partial charge in [0.15, 0.2) is 0 Å². The SMILES string of the molecule is CCCOP(=O)(O)OCCNC(=O)CCCC(=O)OC/C=C(C)/C=C/C=C(C)/C=C/C1=C(C)CCCC1(C)C. The fourth-order valence-corrected chi connectivity index (χ4v) is 4.93. The molecule has 8 nitrogen and oxygen atoms in total. The Morgan fingerprint density at radius 2 is 1.82 bits per heavy atom. The maximum Gasteiger partial charge on any atom is 0.472 e. The Bertz CT molecular complexity index is 1000. The van der Waals surface area contributed by atoms with Crippen LogP contribution in [0.4, 0.5) is 0 Å². The van der Waals surface area contributed by atoms with Crippen molar-refractivity contribution in [3.8, 4) is 0 Å². The third-order valence-electron chi connectivity index (χ3n) is 6.35. The molecule has 1 amide bonds. The van der Waals surface area contributed by atoms with Crippen molar-refractivity contribution in [2.75, 3.05) is 26.4 Å². The first-order valence-corrected chi connectivity index (χ1v) is 15.3. The molecule has 2 N–H and O–H groups in total. The van der Waals surface area contributed by atoms with Gasteiger partial charge in [-0.2, -0.15) is 0 Å². The Hall–Kier alpha value is -2.25. The predicted octanol–water partition coefficient (Wildman–Crippen LogP) is 6.89. The minimum absolute atomic E-state index is 0.0713. The average molecular weight is 566 g/mol. The van der Waals surface area contributed by atoms with Gasteiger partial charge >= 0.3 is 13.8 Å². The van der Waals surface area contributed by atoms with E-state index >= 15 is 0 Å². The lowest BCUT2D eigenvalue weighted by atomic mass is 9.72. The first kappa shape index (κ1) is 34.8. The summed E-state index contributed by atoms with van der Waals surface area (Å²) < 4.78 is 26.2. The minimum atomic E-state index is -4.07. The lowest BCUT2D eigenvalue weighted by molar-refractivity contribution is -0.142. The molecule has 0 aromatic carbocycles. The molecule has 0 spiro atoms. The molecule has 0 saturated heterocycles. The molecule has 1 rings (SSSR count). The number of hydrogen-bond donors (Lipinski definition) is 2.